The van der Waals surface area contributed by atoms with Crippen molar-refractivity contribution in [2.45, 2.75) is 31.8 Å². The Morgan fingerprint density at radius 3 is 2.57 bits per heavy atom. The summed E-state index contributed by atoms with van der Waals surface area (Å²) in [7, 11) is 1.65. The summed E-state index contributed by atoms with van der Waals surface area (Å²) in [4.78, 5) is 12.7. The normalized spacial score (nSPS) is 15.8. The van der Waals surface area contributed by atoms with Gasteiger partial charge in [-0.05, 0) is 44.0 Å². The lowest BCUT2D eigenvalue weighted by Crippen LogP contribution is -2.27. The molecule has 3 rings (SSSR count). The van der Waals surface area contributed by atoms with E-state index in [0.29, 0.717) is 5.56 Å². The van der Waals surface area contributed by atoms with E-state index in [-0.39, 0.29) is 17.6 Å². The van der Waals surface area contributed by atoms with Gasteiger partial charge in [0, 0.05) is 23.2 Å². The Labute approximate surface area is 124 Å². The second-order valence-electron chi connectivity index (χ2n) is 5.57. The molecule has 4 heteroatoms. The molecule has 1 aliphatic rings. The second-order valence-corrected chi connectivity index (χ2v) is 5.57. The quantitative estimate of drug-likeness (QED) is 0.939. The molecule has 1 aromatic carbocycles. The Balaban J connectivity index is 2.23. The highest BCUT2D eigenvalue weighted by atomic mass is 16.5. The molecule has 110 valence electrons. The zero-order chi connectivity index (χ0) is 15.0. The van der Waals surface area contributed by atoms with Crippen LogP contribution in [-0.2, 0) is 0 Å². The van der Waals surface area contributed by atoms with Gasteiger partial charge >= 0.3 is 0 Å². The van der Waals surface area contributed by atoms with E-state index in [1.165, 1.54) is 0 Å². The Morgan fingerprint density at radius 1 is 1.24 bits per heavy atom. The topological polar surface area (TPSA) is 57.2 Å². The molecule has 0 spiro atoms. The van der Waals surface area contributed by atoms with Crippen LogP contribution >= 0.6 is 0 Å². The molecular weight excluding hydrogens is 264 g/mol. The number of hydrogen-bond donors (Lipinski definition) is 1. The number of hydrogen-bond acceptors (Lipinski definition) is 3. The Morgan fingerprint density at radius 2 is 1.95 bits per heavy atom. The lowest BCUT2D eigenvalue weighted by molar-refractivity contribution is 0.416. The average molecular weight is 284 g/mol. The van der Waals surface area contributed by atoms with Gasteiger partial charge in [-0.15, -0.1) is 0 Å². The van der Waals surface area contributed by atoms with Gasteiger partial charge in [-0.3, -0.25) is 4.79 Å². The lowest BCUT2D eigenvalue weighted by Gasteiger charge is -2.17. The van der Waals surface area contributed by atoms with E-state index in [9.17, 15) is 4.79 Å². The summed E-state index contributed by atoms with van der Waals surface area (Å²) < 4.78 is 7.32. The van der Waals surface area contributed by atoms with Crippen LogP contribution in [0.5, 0.6) is 5.75 Å². The number of benzene rings is 1. The molecule has 2 N–H and O–H groups in total. The van der Waals surface area contributed by atoms with E-state index in [1.807, 2.05) is 47.9 Å². The van der Waals surface area contributed by atoms with Crippen molar-refractivity contribution >= 4 is 0 Å². The number of methoxy groups -OCH3 is 1. The molecule has 0 saturated heterocycles. The van der Waals surface area contributed by atoms with E-state index in [4.69, 9.17) is 10.5 Å². The number of rotatable bonds is 4. The van der Waals surface area contributed by atoms with Gasteiger partial charge < -0.3 is 15.0 Å². The first-order valence-electron chi connectivity index (χ1n) is 7.28. The van der Waals surface area contributed by atoms with Crippen LogP contribution < -0.4 is 16.0 Å². The molecule has 0 radical (unpaired) electrons. The van der Waals surface area contributed by atoms with Crippen LogP contribution in [0.25, 0.3) is 11.3 Å². The van der Waals surface area contributed by atoms with Crippen molar-refractivity contribution in [3.8, 4) is 17.0 Å². The van der Waals surface area contributed by atoms with Gasteiger partial charge in [0.15, 0.2) is 0 Å². The van der Waals surface area contributed by atoms with Gasteiger partial charge in [-0.25, -0.2) is 0 Å². The minimum Gasteiger partial charge on any atom is -0.496 e. The molecule has 0 amide bonds. The lowest BCUT2D eigenvalue weighted by atomic mass is 10.1. The predicted octanol–water partition coefficient (Wildman–Crippen LogP) is 2.88. The maximum absolute atomic E-state index is 12.7. The third-order valence-electron chi connectivity index (χ3n) is 3.93. The van der Waals surface area contributed by atoms with Gasteiger partial charge in [-0.2, -0.15) is 0 Å². The smallest absolute Gasteiger partial charge is 0.256 e. The average Bonchev–Trinajstić information content (AvgIpc) is 3.31. The minimum absolute atomic E-state index is 0.0240. The molecule has 1 aromatic heterocycles. The van der Waals surface area contributed by atoms with E-state index >= 15 is 0 Å². The van der Waals surface area contributed by atoms with Crippen molar-refractivity contribution in [2.24, 2.45) is 5.73 Å². The SMILES string of the molecule is COc1ccccc1-c1ccc(C(C)N)c(=O)n1C1CC1. The van der Waals surface area contributed by atoms with Crippen molar-refractivity contribution in [3.63, 3.8) is 0 Å². The molecule has 1 fully saturated rings. The van der Waals surface area contributed by atoms with Crippen LogP contribution in [0.2, 0.25) is 0 Å². The molecule has 0 bridgehead atoms. The molecule has 21 heavy (non-hydrogen) atoms. The highest BCUT2D eigenvalue weighted by Crippen LogP contribution is 2.39. The first-order chi connectivity index (χ1) is 10.1. The van der Waals surface area contributed by atoms with Crippen LogP contribution in [0.4, 0.5) is 0 Å². The highest BCUT2D eigenvalue weighted by molar-refractivity contribution is 5.68. The summed E-state index contributed by atoms with van der Waals surface area (Å²) in [6.07, 6.45) is 2.09. The maximum Gasteiger partial charge on any atom is 0.256 e. The Kier molecular flexibility index (Phi) is 3.55. The standard InChI is InChI=1S/C17H20N2O2/c1-11(18)13-9-10-15(19(17(13)20)12-7-8-12)14-5-3-4-6-16(14)21-2/h3-6,9-12H,7-8,18H2,1-2H3. The molecule has 1 heterocycles. The predicted molar refractivity (Wildman–Crippen MR) is 83.6 cm³/mol. The maximum atomic E-state index is 12.7. The summed E-state index contributed by atoms with van der Waals surface area (Å²) in [5.41, 5.74) is 8.45. The summed E-state index contributed by atoms with van der Waals surface area (Å²) in [5, 5.41) is 0. The van der Waals surface area contributed by atoms with E-state index < -0.39 is 0 Å². The zero-order valence-corrected chi connectivity index (χ0v) is 12.4. The van der Waals surface area contributed by atoms with Gasteiger partial charge in [0.1, 0.15) is 5.75 Å². The minimum atomic E-state index is -0.255. The van der Waals surface area contributed by atoms with Gasteiger partial charge in [-0.1, -0.05) is 12.1 Å². The molecule has 4 nitrogen and oxygen atoms in total. The monoisotopic (exact) mass is 284 g/mol. The third-order valence-corrected chi connectivity index (χ3v) is 3.93. The van der Waals surface area contributed by atoms with Gasteiger partial charge in [0.05, 0.1) is 12.8 Å². The molecule has 1 saturated carbocycles. The largest absolute Gasteiger partial charge is 0.496 e. The number of nitrogens with two attached hydrogens (primary N) is 1. The number of aromatic nitrogens is 1. The fraction of sp³-hybridized carbons (Fsp3) is 0.353. The molecule has 1 unspecified atom stereocenters. The molecular formula is C17H20N2O2. The van der Waals surface area contributed by atoms with E-state index in [2.05, 4.69) is 0 Å². The molecule has 0 aliphatic heterocycles. The van der Waals surface area contributed by atoms with Gasteiger partial charge in [0.25, 0.3) is 5.56 Å². The summed E-state index contributed by atoms with van der Waals surface area (Å²) >= 11 is 0. The molecule has 1 aliphatic carbocycles. The van der Waals surface area contributed by atoms with Gasteiger partial charge in [0.2, 0.25) is 0 Å². The molecule has 2 aromatic rings. The first-order valence-corrected chi connectivity index (χ1v) is 7.28. The fourth-order valence-corrected chi connectivity index (χ4v) is 2.69. The van der Waals surface area contributed by atoms with E-state index in [1.54, 1.807) is 7.11 Å². The van der Waals surface area contributed by atoms with E-state index in [0.717, 1.165) is 29.8 Å². The number of nitrogens with zero attached hydrogens (tertiary/aromatic N) is 1. The Hall–Kier alpha value is -2.07. The second kappa shape index (κ2) is 5.37. The van der Waals surface area contributed by atoms with Crippen molar-refractivity contribution in [3.05, 3.63) is 52.3 Å². The molecule has 1 atom stereocenters. The summed E-state index contributed by atoms with van der Waals surface area (Å²) in [6, 6.07) is 11.6. The fourth-order valence-electron chi connectivity index (χ4n) is 2.69. The van der Waals surface area contributed by atoms with Crippen LogP contribution in [-0.4, -0.2) is 11.7 Å². The van der Waals surface area contributed by atoms with Crippen LogP contribution in [0.15, 0.2) is 41.2 Å². The van der Waals surface area contributed by atoms with Crippen LogP contribution in [0.1, 0.15) is 37.4 Å². The highest BCUT2D eigenvalue weighted by Gasteiger charge is 2.29. The summed E-state index contributed by atoms with van der Waals surface area (Å²) in [6.45, 7) is 1.84. The summed E-state index contributed by atoms with van der Waals surface area (Å²) in [5.74, 6) is 0.778. The Bertz CT molecular complexity index is 715. The van der Waals surface area contributed by atoms with Crippen molar-refractivity contribution < 1.29 is 4.74 Å². The number of para-hydroxylation sites is 1. The number of pyridine rings is 1. The van der Waals surface area contributed by atoms with Crippen molar-refractivity contribution in [1.82, 2.24) is 4.57 Å². The van der Waals surface area contributed by atoms with Crippen LogP contribution in [0, 0.1) is 0 Å². The van der Waals surface area contributed by atoms with Crippen LogP contribution in [0.3, 0.4) is 0 Å². The first kappa shape index (κ1) is 13.9. The van der Waals surface area contributed by atoms with Crippen molar-refractivity contribution in [2.75, 3.05) is 7.11 Å². The van der Waals surface area contributed by atoms with Crippen molar-refractivity contribution in [1.29, 1.82) is 0 Å². The zero-order valence-electron chi connectivity index (χ0n) is 12.4. The number of ether oxygens (including phenoxy) is 1. The third kappa shape index (κ3) is 2.47.